The van der Waals surface area contributed by atoms with Crippen LogP contribution < -0.4 is 5.32 Å². The van der Waals surface area contributed by atoms with Gasteiger partial charge in [-0.25, -0.2) is 14.1 Å². The molecule has 0 fully saturated rings. The SMILES string of the molecule is Fc1ccc(F)c2c1C[N]C2. The first-order valence-corrected chi connectivity index (χ1v) is 3.38. The van der Waals surface area contributed by atoms with Crippen LogP contribution in [0.4, 0.5) is 8.78 Å². The van der Waals surface area contributed by atoms with Crippen LogP contribution in [0.5, 0.6) is 0 Å². The number of halogens is 2. The van der Waals surface area contributed by atoms with Gasteiger partial charge in [-0.1, -0.05) is 0 Å². The highest BCUT2D eigenvalue weighted by molar-refractivity contribution is 5.32. The summed E-state index contributed by atoms with van der Waals surface area (Å²) in [6, 6.07) is 2.30. The maximum Gasteiger partial charge on any atom is 0.128 e. The smallest absolute Gasteiger partial charge is 0.128 e. The van der Waals surface area contributed by atoms with Crippen molar-refractivity contribution in [1.82, 2.24) is 5.32 Å². The summed E-state index contributed by atoms with van der Waals surface area (Å²) in [5.74, 6) is -0.690. The fourth-order valence-corrected chi connectivity index (χ4v) is 1.26. The van der Waals surface area contributed by atoms with Gasteiger partial charge in [-0.2, -0.15) is 0 Å². The Hall–Kier alpha value is -0.960. The lowest BCUT2D eigenvalue weighted by molar-refractivity contribution is 0.585. The molecule has 1 nitrogen and oxygen atoms in total. The topological polar surface area (TPSA) is 14.1 Å². The molecule has 0 saturated carbocycles. The van der Waals surface area contributed by atoms with Crippen LogP contribution in [0.25, 0.3) is 0 Å². The number of rotatable bonds is 0. The van der Waals surface area contributed by atoms with Crippen LogP contribution in [0, 0.1) is 11.6 Å². The van der Waals surface area contributed by atoms with Gasteiger partial charge in [0.25, 0.3) is 0 Å². The van der Waals surface area contributed by atoms with Gasteiger partial charge >= 0.3 is 0 Å². The van der Waals surface area contributed by atoms with Crippen LogP contribution in [0.1, 0.15) is 11.1 Å². The summed E-state index contributed by atoms with van der Waals surface area (Å²) in [5, 5.41) is 3.89. The number of benzene rings is 1. The molecule has 0 spiro atoms. The highest BCUT2D eigenvalue weighted by atomic mass is 19.1. The van der Waals surface area contributed by atoms with E-state index in [2.05, 4.69) is 5.32 Å². The second kappa shape index (κ2) is 2.27. The summed E-state index contributed by atoms with van der Waals surface area (Å²) in [6.07, 6.45) is 0. The van der Waals surface area contributed by atoms with E-state index < -0.39 is 0 Å². The summed E-state index contributed by atoms with van der Waals surface area (Å²) >= 11 is 0. The van der Waals surface area contributed by atoms with Crippen molar-refractivity contribution < 1.29 is 8.78 Å². The average Bonchev–Trinajstić information content (AvgIpc) is 2.45. The second-order valence-corrected chi connectivity index (χ2v) is 2.53. The minimum Gasteiger partial charge on any atom is -0.232 e. The third-order valence-corrected chi connectivity index (χ3v) is 1.86. The van der Waals surface area contributed by atoms with E-state index in [0.29, 0.717) is 24.2 Å². The van der Waals surface area contributed by atoms with E-state index in [9.17, 15) is 8.78 Å². The Morgan fingerprint density at radius 2 is 1.45 bits per heavy atom. The molecule has 0 aromatic heterocycles. The summed E-state index contributed by atoms with van der Waals surface area (Å²) in [7, 11) is 0. The zero-order valence-electron chi connectivity index (χ0n) is 5.77. The van der Waals surface area contributed by atoms with Gasteiger partial charge in [0, 0.05) is 24.2 Å². The second-order valence-electron chi connectivity index (χ2n) is 2.53. The lowest BCUT2D eigenvalue weighted by Crippen LogP contribution is -1.91. The first-order valence-electron chi connectivity index (χ1n) is 3.38. The lowest BCUT2D eigenvalue weighted by atomic mass is 10.1. The predicted molar refractivity (Wildman–Crippen MR) is 35.9 cm³/mol. The third-order valence-electron chi connectivity index (χ3n) is 1.86. The number of hydrogen-bond acceptors (Lipinski definition) is 0. The number of nitrogens with zero attached hydrogens (tertiary/aromatic N) is 1. The predicted octanol–water partition coefficient (Wildman–Crippen LogP) is 1.58. The Kier molecular flexibility index (Phi) is 1.39. The van der Waals surface area contributed by atoms with Gasteiger partial charge in [0.2, 0.25) is 0 Å². The minimum absolute atomic E-state index is 0.318. The van der Waals surface area contributed by atoms with Crippen LogP contribution in [-0.4, -0.2) is 0 Å². The van der Waals surface area contributed by atoms with Crippen molar-refractivity contribution in [1.29, 1.82) is 0 Å². The quantitative estimate of drug-likeness (QED) is 0.538. The summed E-state index contributed by atoms with van der Waals surface area (Å²) in [5.41, 5.74) is 0.843. The normalized spacial score (nSPS) is 15.1. The highest BCUT2D eigenvalue weighted by Crippen LogP contribution is 2.22. The molecular formula is C8H6F2N. The molecule has 0 N–H and O–H groups in total. The van der Waals surface area contributed by atoms with Crippen molar-refractivity contribution in [3.05, 3.63) is 34.9 Å². The Balaban J connectivity index is 2.64. The minimum atomic E-state index is -0.345. The van der Waals surface area contributed by atoms with Gasteiger partial charge in [-0.15, -0.1) is 0 Å². The molecule has 1 radical (unpaired) electrons. The van der Waals surface area contributed by atoms with Crippen LogP contribution in [0.15, 0.2) is 12.1 Å². The van der Waals surface area contributed by atoms with Gasteiger partial charge < -0.3 is 0 Å². The van der Waals surface area contributed by atoms with Crippen molar-refractivity contribution in [3.8, 4) is 0 Å². The largest absolute Gasteiger partial charge is 0.232 e. The molecule has 0 aliphatic carbocycles. The van der Waals surface area contributed by atoms with Gasteiger partial charge in [0.15, 0.2) is 0 Å². The highest BCUT2D eigenvalue weighted by Gasteiger charge is 2.18. The van der Waals surface area contributed by atoms with Crippen molar-refractivity contribution in [2.75, 3.05) is 0 Å². The molecule has 0 unspecified atom stereocenters. The van der Waals surface area contributed by atoms with Crippen LogP contribution in [0.3, 0.4) is 0 Å². The molecular weight excluding hydrogens is 148 g/mol. The lowest BCUT2D eigenvalue weighted by Gasteiger charge is -1.98. The molecule has 2 rings (SSSR count). The molecule has 0 amide bonds. The molecule has 1 aliphatic rings. The maximum atomic E-state index is 12.8. The third kappa shape index (κ3) is 0.922. The van der Waals surface area contributed by atoms with E-state index in [4.69, 9.17) is 0 Å². The van der Waals surface area contributed by atoms with E-state index in [1.807, 2.05) is 0 Å². The summed E-state index contributed by atoms with van der Waals surface area (Å²) < 4.78 is 25.7. The molecule has 0 atom stereocenters. The zero-order valence-corrected chi connectivity index (χ0v) is 5.77. The first kappa shape index (κ1) is 6.73. The summed E-state index contributed by atoms with van der Waals surface area (Å²) in [6.45, 7) is 0.637. The van der Waals surface area contributed by atoms with Crippen LogP contribution >= 0.6 is 0 Å². The van der Waals surface area contributed by atoms with E-state index in [1.165, 1.54) is 0 Å². The Morgan fingerprint density at radius 3 is 1.91 bits per heavy atom. The monoisotopic (exact) mass is 154 g/mol. The zero-order chi connectivity index (χ0) is 7.84. The Bertz CT molecular complexity index is 267. The molecule has 1 aliphatic heterocycles. The Morgan fingerprint density at radius 1 is 1.00 bits per heavy atom. The van der Waals surface area contributed by atoms with Gasteiger partial charge in [-0.3, -0.25) is 0 Å². The van der Waals surface area contributed by atoms with E-state index in [0.717, 1.165) is 12.1 Å². The average molecular weight is 154 g/mol. The van der Waals surface area contributed by atoms with E-state index >= 15 is 0 Å². The standard InChI is InChI=1S/C8H6F2N/c9-7-1-2-8(10)6-4-11-3-5(6)7/h1-2H,3-4H2. The van der Waals surface area contributed by atoms with Crippen molar-refractivity contribution in [3.63, 3.8) is 0 Å². The molecule has 11 heavy (non-hydrogen) atoms. The first-order chi connectivity index (χ1) is 5.29. The van der Waals surface area contributed by atoms with Gasteiger partial charge in [0.05, 0.1) is 0 Å². The van der Waals surface area contributed by atoms with Crippen LogP contribution in [-0.2, 0) is 13.1 Å². The van der Waals surface area contributed by atoms with Crippen molar-refractivity contribution in [2.24, 2.45) is 0 Å². The van der Waals surface area contributed by atoms with E-state index in [-0.39, 0.29) is 11.6 Å². The number of fused-ring (bicyclic) bond motifs is 1. The van der Waals surface area contributed by atoms with Gasteiger partial charge in [-0.05, 0) is 12.1 Å². The van der Waals surface area contributed by atoms with Crippen molar-refractivity contribution >= 4 is 0 Å². The molecule has 1 aromatic rings. The molecule has 0 bridgehead atoms. The summed E-state index contributed by atoms with van der Waals surface area (Å²) in [4.78, 5) is 0. The molecule has 57 valence electrons. The maximum absolute atomic E-state index is 12.8. The molecule has 1 heterocycles. The van der Waals surface area contributed by atoms with Crippen molar-refractivity contribution in [2.45, 2.75) is 13.1 Å². The van der Waals surface area contributed by atoms with Crippen LogP contribution in [0.2, 0.25) is 0 Å². The Labute approximate surface area is 63.0 Å². The number of hydrogen-bond donors (Lipinski definition) is 0. The van der Waals surface area contributed by atoms with E-state index in [1.54, 1.807) is 0 Å². The fourth-order valence-electron chi connectivity index (χ4n) is 1.26. The van der Waals surface area contributed by atoms with Gasteiger partial charge in [0.1, 0.15) is 11.6 Å². The molecule has 0 saturated heterocycles. The molecule has 1 aromatic carbocycles. The fraction of sp³-hybridized carbons (Fsp3) is 0.250. The molecule has 3 heteroatoms.